The van der Waals surface area contributed by atoms with Crippen molar-refractivity contribution >= 4 is 5.96 Å². The van der Waals surface area contributed by atoms with E-state index in [1.54, 1.807) is 14.2 Å². The fraction of sp³-hybridized carbons (Fsp3) is 0.462. The van der Waals surface area contributed by atoms with Crippen LogP contribution in [0.5, 0.6) is 0 Å². The molecule has 94 valence electrons. The molecular weight excluding hydrogens is 214 g/mol. The van der Waals surface area contributed by atoms with Gasteiger partial charge >= 0.3 is 0 Å². The molecule has 2 N–H and O–H groups in total. The molecule has 17 heavy (non-hydrogen) atoms. The summed E-state index contributed by atoms with van der Waals surface area (Å²) in [5.74, 6) is 0.818. The van der Waals surface area contributed by atoms with Gasteiger partial charge in [-0.3, -0.25) is 4.99 Å². The summed E-state index contributed by atoms with van der Waals surface area (Å²) in [5, 5.41) is 6.43. The minimum absolute atomic E-state index is 0.680. The van der Waals surface area contributed by atoms with E-state index in [9.17, 15) is 0 Å². The van der Waals surface area contributed by atoms with Crippen molar-refractivity contribution in [2.75, 3.05) is 33.9 Å². The number of hydrogen-bond donors (Lipinski definition) is 2. The van der Waals surface area contributed by atoms with Crippen LogP contribution in [-0.2, 0) is 11.2 Å². The number of methoxy groups -OCH3 is 1. The first kappa shape index (κ1) is 13.5. The Kier molecular flexibility index (Phi) is 6.82. The van der Waals surface area contributed by atoms with Gasteiger partial charge in [-0.25, -0.2) is 0 Å². The van der Waals surface area contributed by atoms with Gasteiger partial charge in [0, 0.05) is 27.2 Å². The number of guanidine groups is 1. The molecular formula is C13H21N3O. The molecule has 0 radical (unpaired) electrons. The van der Waals surface area contributed by atoms with Gasteiger partial charge in [-0.15, -0.1) is 0 Å². The summed E-state index contributed by atoms with van der Waals surface area (Å²) < 4.78 is 4.97. The highest BCUT2D eigenvalue weighted by Gasteiger charge is 1.96. The number of hydrogen-bond acceptors (Lipinski definition) is 2. The molecule has 0 atom stereocenters. The zero-order chi connectivity index (χ0) is 12.3. The van der Waals surface area contributed by atoms with Gasteiger partial charge in [0.2, 0.25) is 0 Å². The Labute approximate surface area is 103 Å². The third kappa shape index (κ3) is 5.92. The van der Waals surface area contributed by atoms with Gasteiger partial charge in [0.05, 0.1) is 6.61 Å². The van der Waals surface area contributed by atoms with E-state index < -0.39 is 0 Å². The lowest BCUT2D eigenvalue weighted by Crippen LogP contribution is -2.39. The third-order valence-corrected chi connectivity index (χ3v) is 2.37. The van der Waals surface area contributed by atoms with Gasteiger partial charge in [-0.2, -0.15) is 0 Å². The Morgan fingerprint density at radius 3 is 2.53 bits per heavy atom. The number of ether oxygens (including phenoxy) is 1. The van der Waals surface area contributed by atoms with Crippen LogP contribution in [-0.4, -0.2) is 39.8 Å². The second-order valence-electron chi connectivity index (χ2n) is 3.65. The Morgan fingerprint density at radius 2 is 1.88 bits per heavy atom. The molecule has 1 aromatic carbocycles. The maximum absolute atomic E-state index is 4.97. The van der Waals surface area contributed by atoms with Gasteiger partial charge in [0.1, 0.15) is 0 Å². The fourth-order valence-corrected chi connectivity index (χ4v) is 1.46. The van der Waals surface area contributed by atoms with Crippen LogP contribution in [0.2, 0.25) is 0 Å². The molecule has 0 heterocycles. The standard InChI is InChI=1S/C13H21N3O/c1-14-13(16-10-11-17-2)15-9-8-12-6-4-3-5-7-12/h3-7H,8-11H2,1-2H3,(H2,14,15,16). The molecule has 1 rings (SSSR count). The maximum Gasteiger partial charge on any atom is 0.191 e. The number of rotatable bonds is 6. The molecule has 0 unspecified atom stereocenters. The van der Waals surface area contributed by atoms with Crippen molar-refractivity contribution in [2.45, 2.75) is 6.42 Å². The molecule has 4 heteroatoms. The van der Waals surface area contributed by atoms with E-state index in [1.807, 2.05) is 6.07 Å². The molecule has 0 aliphatic rings. The van der Waals surface area contributed by atoms with Crippen LogP contribution >= 0.6 is 0 Å². The first-order chi connectivity index (χ1) is 8.36. The van der Waals surface area contributed by atoms with E-state index in [-0.39, 0.29) is 0 Å². The van der Waals surface area contributed by atoms with Crippen molar-refractivity contribution in [1.29, 1.82) is 0 Å². The van der Waals surface area contributed by atoms with Gasteiger partial charge in [-0.1, -0.05) is 30.3 Å². The first-order valence-electron chi connectivity index (χ1n) is 5.84. The highest BCUT2D eigenvalue weighted by atomic mass is 16.5. The Bertz CT molecular complexity index is 325. The zero-order valence-electron chi connectivity index (χ0n) is 10.6. The molecule has 0 saturated carbocycles. The summed E-state index contributed by atoms with van der Waals surface area (Å²) in [6.07, 6.45) is 0.992. The first-order valence-corrected chi connectivity index (χ1v) is 5.84. The minimum atomic E-state index is 0.680. The van der Waals surface area contributed by atoms with E-state index in [4.69, 9.17) is 4.74 Å². The number of nitrogens with one attached hydrogen (secondary N) is 2. The Morgan fingerprint density at radius 1 is 1.18 bits per heavy atom. The topological polar surface area (TPSA) is 45.7 Å². The van der Waals surface area contributed by atoms with Crippen molar-refractivity contribution in [3.8, 4) is 0 Å². The molecule has 0 bridgehead atoms. The molecule has 0 saturated heterocycles. The molecule has 0 aliphatic heterocycles. The summed E-state index contributed by atoms with van der Waals surface area (Å²) in [7, 11) is 3.46. The lowest BCUT2D eigenvalue weighted by molar-refractivity contribution is 0.203. The number of aliphatic imine (C=N–C) groups is 1. The van der Waals surface area contributed by atoms with Crippen LogP contribution in [0.3, 0.4) is 0 Å². The van der Waals surface area contributed by atoms with Crippen LogP contribution in [0.4, 0.5) is 0 Å². The quantitative estimate of drug-likeness (QED) is 0.440. The van der Waals surface area contributed by atoms with Crippen molar-refractivity contribution < 1.29 is 4.74 Å². The third-order valence-electron chi connectivity index (χ3n) is 2.37. The van der Waals surface area contributed by atoms with Gasteiger partial charge in [0.15, 0.2) is 5.96 Å². The summed E-state index contributed by atoms with van der Waals surface area (Å²) in [4.78, 5) is 4.13. The molecule has 4 nitrogen and oxygen atoms in total. The largest absolute Gasteiger partial charge is 0.383 e. The summed E-state index contributed by atoms with van der Waals surface area (Å²) in [6.45, 7) is 2.32. The predicted molar refractivity (Wildman–Crippen MR) is 71.4 cm³/mol. The molecule has 0 spiro atoms. The monoisotopic (exact) mass is 235 g/mol. The lowest BCUT2D eigenvalue weighted by Gasteiger charge is -2.11. The SMILES string of the molecule is CN=C(NCCOC)NCCc1ccccc1. The van der Waals surface area contributed by atoms with Gasteiger partial charge in [0.25, 0.3) is 0 Å². The van der Waals surface area contributed by atoms with Crippen molar-refractivity contribution in [2.24, 2.45) is 4.99 Å². The van der Waals surface area contributed by atoms with Gasteiger partial charge in [-0.05, 0) is 12.0 Å². The van der Waals surface area contributed by atoms with Crippen molar-refractivity contribution in [3.05, 3.63) is 35.9 Å². The second-order valence-corrected chi connectivity index (χ2v) is 3.65. The van der Waals surface area contributed by atoms with E-state index in [0.29, 0.717) is 6.61 Å². The molecule has 0 fully saturated rings. The van der Waals surface area contributed by atoms with Crippen molar-refractivity contribution in [1.82, 2.24) is 10.6 Å². The van der Waals surface area contributed by atoms with Crippen LogP contribution in [0.15, 0.2) is 35.3 Å². The normalized spacial score (nSPS) is 11.3. The average molecular weight is 235 g/mol. The van der Waals surface area contributed by atoms with Crippen LogP contribution in [0.1, 0.15) is 5.56 Å². The predicted octanol–water partition coefficient (Wildman–Crippen LogP) is 1.04. The maximum atomic E-state index is 4.97. The second kappa shape index (κ2) is 8.58. The molecule has 1 aromatic rings. The minimum Gasteiger partial charge on any atom is -0.383 e. The Balaban J connectivity index is 2.20. The van der Waals surface area contributed by atoms with E-state index in [2.05, 4.69) is 39.9 Å². The zero-order valence-corrected chi connectivity index (χ0v) is 10.6. The van der Waals surface area contributed by atoms with E-state index >= 15 is 0 Å². The summed E-state index contributed by atoms with van der Waals surface area (Å²) in [5.41, 5.74) is 1.33. The average Bonchev–Trinajstić information content (AvgIpc) is 2.38. The number of benzene rings is 1. The molecule has 0 aromatic heterocycles. The highest BCUT2D eigenvalue weighted by molar-refractivity contribution is 5.79. The Hall–Kier alpha value is -1.55. The van der Waals surface area contributed by atoms with E-state index in [1.165, 1.54) is 5.56 Å². The summed E-state index contributed by atoms with van der Waals surface area (Å²) in [6, 6.07) is 10.4. The highest BCUT2D eigenvalue weighted by Crippen LogP contribution is 1.97. The summed E-state index contributed by atoms with van der Waals surface area (Å²) >= 11 is 0. The smallest absolute Gasteiger partial charge is 0.191 e. The lowest BCUT2D eigenvalue weighted by atomic mass is 10.1. The van der Waals surface area contributed by atoms with E-state index in [0.717, 1.165) is 25.5 Å². The molecule has 0 amide bonds. The van der Waals surface area contributed by atoms with Crippen molar-refractivity contribution in [3.63, 3.8) is 0 Å². The molecule has 0 aliphatic carbocycles. The van der Waals surface area contributed by atoms with Crippen LogP contribution in [0, 0.1) is 0 Å². The van der Waals surface area contributed by atoms with Crippen LogP contribution in [0.25, 0.3) is 0 Å². The number of nitrogens with zero attached hydrogens (tertiary/aromatic N) is 1. The fourth-order valence-electron chi connectivity index (χ4n) is 1.46. The van der Waals surface area contributed by atoms with Gasteiger partial charge < -0.3 is 15.4 Å². The van der Waals surface area contributed by atoms with Crippen LogP contribution < -0.4 is 10.6 Å².